The molecule has 0 N–H and O–H groups in total. The number of benzene rings is 4. The standard InChI is InChI=1S/C33H26N2O5/c1-22-18-20-23(21-19-22)29(36)27-28(31(37)38-2)34-35-30(27)39-32(24-12-6-3-7-13-24)40-33(35,25-14-8-4-9-15-25)26-16-10-5-11-17-26/h3-21,32H,1-2H3. The Kier molecular flexibility index (Phi) is 6.50. The van der Waals surface area contributed by atoms with E-state index < -0.39 is 23.8 Å². The molecule has 1 atom stereocenters. The van der Waals surface area contributed by atoms with Gasteiger partial charge in [-0.25, -0.2) is 4.79 Å². The molecule has 4 aromatic carbocycles. The molecule has 7 heteroatoms. The second kappa shape index (κ2) is 10.3. The summed E-state index contributed by atoms with van der Waals surface area (Å²) in [5.41, 5.74) is 2.07. The second-order valence-electron chi connectivity index (χ2n) is 9.48. The van der Waals surface area contributed by atoms with Crippen molar-refractivity contribution in [2.24, 2.45) is 0 Å². The molecule has 0 spiro atoms. The topological polar surface area (TPSA) is 79.7 Å². The van der Waals surface area contributed by atoms with Gasteiger partial charge in [0, 0.05) is 22.3 Å². The van der Waals surface area contributed by atoms with Crippen molar-refractivity contribution in [3.05, 3.63) is 154 Å². The first-order chi connectivity index (χ1) is 19.5. The van der Waals surface area contributed by atoms with E-state index in [1.165, 1.54) is 11.8 Å². The fourth-order valence-corrected chi connectivity index (χ4v) is 4.97. The Labute approximate surface area is 231 Å². The van der Waals surface area contributed by atoms with Crippen LogP contribution < -0.4 is 4.74 Å². The van der Waals surface area contributed by atoms with Gasteiger partial charge < -0.3 is 14.2 Å². The third-order valence-corrected chi connectivity index (χ3v) is 6.96. The molecule has 1 unspecified atom stereocenters. The van der Waals surface area contributed by atoms with Gasteiger partial charge in [0.05, 0.1) is 7.11 Å². The van der Waals surface area contributed by atoms with E-state index in [-0.39, 0.29) is 17.1 Å². The molecule has 5 aromatic rings. The summed E-state index contributed by atoms with van der Waals surface area (Å²) >= 11 is 0. The normalized spacial score (nSPS) is 15.5. The van der Waals surface area contributed by atoms with Gasteiger partial charge >= 0.3 is 5.97 Å². The number of ketones is 1. The van der Waals surface area contributed by atoms with Gasteiger partial charge in [-0.1, -0.05) is 121 Å². The third-order valence-electron chi connectivity index (χ3n) is 6.96. The number of hydrogen-bond donors (Lipinski definition) is 0. The lowest BCUT2D eigenvalue weighted by Gasteiger charge is -2.42. The van der Waals surface area contributed by atoms with Gasteiger partial charge in [0.2, 0.25) is 23.7 Å². The third kappa shape index (κ3) is 4.17. The fourth-order valence-electron chi connectivity index (χ4n) is 4.97. The highest BCUT2D eigenvalue weighted by Crippen LogP contribution is 2.48. The van der Waals surface area contributed by atoms with Crippen LogP contribution in [-0.4, -0.2) is 28.6 Å². The number of carbonyl (C=O) groups excluding carboxylic acids is 2. The van der Waals surface area contributed by atoms with E-state index in [9.17, 15) is 9.59 Å². The number of methoxy groups -OCH3 is 1. The van der Waals surface area contributed by atoms with E-state index >= 15 is 0 Å². The number of aromatic nitrogens is 2. The quantitative estimate of drug-likeness (QED) is 0.196. The lowest BCUT2D eigenvalue weighted by atomic mass is 9.93. The number of carbonyl (C=O) groups is 2. The molecule has 2 heterocycles. The minimum atomic E-state index is -1.38. The highest BCUT2D eigenvalue weighted by atomic mass is 16.7. The smallest absolute Gasteiger partial charge is 0.359 e. The van der Waals surface area contributed by atoms with Crippen molar-refractivity contribution in [2.45, 2.75) is 18.9 Å². The van der Waals surface area contributed by atoms with Crippen LogP contribution in [0.5, 0.6) is 5.88 Å². The average Bonchev–Trinajstić information content (AvgIpc) is 3.41. The molecule has 7 nitrogen and oxygen atoms in total. The molecule has 6 rings (SSSR count). The number of aryl methyl sites for hydroxylation is 1. The molecule has 198 valence electrons. The highest BCUT2D eigenvalue weighted by molar-refractivity contribution is 6.15. The van der Waals surface area contributed by atoms with Crippen molar-refractivity contribution in [1.29, 1.82) is 0 Å². The zero-order valence-electron chi connectivity index (χ0n) is 22.0. The molecule has 0 aliphatic carbocycles. The zero-order chi connectivity index (χ0) is 27.7. The number of hydrogen-bond acceptors (Lipinski definition) is 6. The van der Waals surface area contributed by atoms with Crippen LogP contribution >= 0.6 is 0 Å². The van der Waals surface area contributed by atoms with Crippen LogP contribution in [-0.2, 0) is 15.2 Å². The van der Waals surface area contributed by atoms with Crippen LogP contribution in [0.1, 0.15) is 55.0 Å². The largest absolute Gasteiger partial charge is 0.464 e. The van der Waals surface area contributed by atoms with E-state index in [1.54, 1.807) is 12.1 Å². The van der Waals surface area contributed by atoms with Gasteiger partial charge in [-0.15, -0.1) is 0 Å². The Hall–Kier alpha value is -5.01. The van der Waals surface area contributed by atoms with Gasteiger partial charge in [0.1, 0.15) is 5.56 Å². The molecule has 0 fully saturated rings. The minimum Gasteiger partial charge on any atom is -0.464 e. The fraction of sp³-hybridized carbons (Fsp3) is 0.121. The van der Waals surface area contributed by atoms with Crippen molar-refractivity contribution < 1.29 is 23.8 Å². The summed E-state index contributed by atoms with van der Waals surface area (Å²) in [5, 5.41) is 4.69. The maximum Gasteiger partial charge on any atom is 0.359 e. The Morgan fingerprint density at radius 1 is 0.800 bits per heavy atom. The van der Waals surface area contributed by atoms with Gasteiger partial charge in [0.15, 0.2) is 5.69 Å². The van der Waals surface area contributed by atoms with Crippen LogP contribution in [0.2, 0.25) is 0 Å². The van der Waals surface area contributed by atoms with Crippen molar-refractivity contribution >= 4 is 11.8 Å². The zero-order valence-corrected chi connectivity index (χ0v) is 22.0. The average molecular weight is 531 g/mol. The first kappa shape index (κ1) is 25.3. The molecule has 1 aliphatic heterocycles. The summed E-state index contributed by atoms with van der Waals surface area (Å²) in [6.45, 7) is 1.94. The van der Waals surface area contributed by atoms with Crippen molar-refractivity contribution in [2.75, 3.05) is 7.11 Å². The summed E-state index contributed by atoms with van der Waals surface area (Å²) in [6, 6.07) is 35.7. The SMILES string of the molecule is COC(=O)c1nn2c(c1C(=O)c1ccc(C)cc1)OC(c1ccccc1)OC2(c1ccccc1)c1ccccc1. The van der Waals surface area contributed by atoms with Gasteiger partial charge in [-0.05, 0) is 6.92 Å². The Morgan fingerprint density at radius 2 is 1.35 bits per heavy atom. The van der Waals surface area contributed by atoms with Crippen molar-refractivity contribution in [3.63, 3.8) is 0 Å². The van der Waals surface area contributed by atoms with Gasteiger partial charge in [-0.2, -0.15) is 9.78 Å². The molecule has 1 aliphatic rings. The van der Waals surface area contributed by atoms with Gasteiger partial charge in [0.25, 0.3) is 0 Å². The van der Waals surface area contributed by atoms with E-state index in [1.807, 2.05) is 110 Å². The lowest BCUT2D eigenvalue weighted by Crippen LogP contribution is -2.46. The molecule has 0 saturated heterocycles. The monoisotopic (exact) mass is 530 g/mol. The maximum absolute atomic E-state index is 14.1. The molecule has 0 bridgehead atoms. The maximum atomic E-state index is 14.1. The molecular formula is C33H26N2O5. The van der Waals surface area contributed by atoms with Crippen molar-refractivity contribution in [1.82, 2.24) is 9.78 Å². The van der Waals surface area contributed by atoms with Crippen molar-refractivity contribution in [3.8, 4) is 5.88 Å². The first-order valence-corrected chi connectivity index (χ1v) is 12.9. The molecule has 0 saturated carbocycles. The molecule has 0 amide bonds. The molecule has 1 aromatic heterocycles. The van der Waals surface area contributed by atoms with Crippen LogP contribution in [0.15, 0.2) is 115 Å². The second-order valence-corrected chi connectivity index (χ2v) is 9.48. The van der Waals surface area contributed by atoms with Crippen LogP contribution in [0.4, 0.5) is 0 Å². The number of fused-ring (bicyclic) bond motifs is 1. The summed E-state index contributed by atoms with van der Waals surface area (Å²) in [5.74, 6) is -1.06. The molecule has 0 radical (unpaired) electrons. The summed E-state index contributed by atoms with van der Waals surface area (Å²) in [6.07, 6.45) is -0.930. The van der Waals surface area contributed by atoms with Crippen LogP contribution in [0, 0.1) is 6.92 Å². The molecular weight excluding hydrogens is 504 g/mol. The minimum absolute atomic E-state index is 0.0103. The van der Waals surface area contributed by atoms with Crippen LogP contribution in [0.3, 0.4) is 0 Å². The first-order valence-electron chi connectivity index (χ1n) is 12.9. The number of ether oxygens (including phenoxy) is 3. The van der Waals surface area contributed by atoms with Crippen LogP contribution in [0.25, 0.3) is 0 Å². The van der Waals surface area contributed by atoms with E-state index in [4.69, 9.17) is 19.3 Å². The Morgan fingerprint density at radius 3 is 1.90 bits per heavy atom. The number of rotatable bonds is 6. The predicted octanol–water partition coefficient (Wildman–Crippen LogP) is 6.07. The van der Waals surface area contributed by atoms with E-state index in [0.29, 0.717) is 5.56 Å². The Balaban J connectivity index is 1.69. The van der Waals surface area contributed by atoms with E-state index in [0.717, 1.165) is 22.3 Å². The summed E-state index contributed by atoms with van der Waals surface area (Å²) in [7, 11) is 1.26. The number of nitrogens with zero attached hydrogens (tertiary/aromatic N) is 2. The predicted molar refractivity (Wildman–Crippen MR) is 148 cm³/mol. The highest BCUT2D eigenvalue weighted by Gasteiger charge is 2.50. The number of esters is 1. The molecule has 40 heavy (non-hydrogen) atoms. The summed E-state index contributed by atoms with van der Waals surface area (Å²) < 4.78 is 19.9. The van der Waals surface area contributed by atoms with E-state index in [2.05, 4.69) is 0 Å². The Bertz CT molecular complexity index is 1620. The lowest BCUT2D eigenvalue weighted by molar-refractivity contribution is -0.214. The summed E-state index contributed by atoms with van der Waals surface area (Å²) in [4.78, 5) is 27.2. The van der Waals surface area contributed by atoms with Gasteiger partial charge in [-0.3, -0.25) is 4.79 Å².